The van der Waals surface area contributed by atoms with Gasteiger partial charge in [0.1, 0.15) is 0 Å². The molecule has 0 unspecified atom stereocenters. The molecule has 172 valence electrons. The zero-order valence-corrected chi connectivity index (χ0v) is 18.5. The molecular formula is C22H23N5O5S. The Balaban J connectivity index is 1.32. The van der Waals surface area contributed by atoms with E-state index in [4.69, 9.17) is 0 Å². The largest absolute Gasteiger partial charge is 0.323 e. The van der Waals surface area contributed by atoms with Crippen LogP contribution in [0.15, 0.2) is 71.9 Å². The third-order valence-electron chi connectivity index (χ3n) is 5.60. The first-order chi connectivity index (χ1) is 15.8. The maximum absolute atomic E-state index is 12.8. The van der Waals surface area contributed by atoms with Gasteiger partial charge in [0.2, 0.25) is 15.9 Å². The molecule has 0 saturated carbocycles. The van der Waals surface area contributed by atoms with Crippen LogP contribution in [0.4, 0.5) is 11.4 Å². The number of piperidine rings is 1. The minimum Gasteiger partial charge on any atom is -0.323 e. The Morgan fingerprint density at radius 2 is 1.76 bits per heavy atom. The van der Waals surface area contributed by atoms with Crippen LogP contribution in [0.25, 0.3) is 0 Å². The zero-order chi connectivity index (χ0) is 23.4. The van der Waals surface area contributed by atoms with Crippen molar-refractivity contribution in [2.75, 3.05) is 18.4 Å². The van der Waals surface area contributed by atoms with Crippen LogP contribution < -0.4 is 5.32 Å². The Hall–Kier alpha value is -3.57. The normalized spacial score (nSPS) is 15.3. The van der Waals surface area contributed by atoms with Crippen LogP contribution in [0, 0.1) is 16.0 Å². The maximum atomic E-state index is 12.8. The van der Waals surface area contributed by atoms with Crippen LogP contribution in [0.1, 0.15) is 18.4 Å². The molecule has 3 aromatic rings. The summed E-state index contributed by atoms with van der Waals surface area (Å²) in [4.78, 5) is 22.9. The van der Waals surface area contributed by atoms with E-state index in [1.807, 2.05) is 30.3 Å². The first kappa shape index (κ1) is 22.6. The van der Waals surface area contributed by atoms with E-state index in [1.165, 1.54) is 28.6 Å². The summed E-state index contributed by atoms with van der Waals surface area (Å²) in [6.45, 7) is 0.991. The molecule has 0 aliphatic carbocycles. The molecule has 1 fully saturated rings. The van der Waals surface area contributed by atoms with Crippen molar-refractivity contribution < 1.29 is 18.1 Å². The third kappa shape index (κ3) is 5.26. The van der Waals surface area contributed by atoms with Gasteiger partial charge in [0.25, 0.3) is 5.69 Å². The summed E-state index contributed by atoms with van der Waals surface area (Å²) < 4.78 is 28.7. The average molecular weight is 470 g/mol. The summed E-state index contributed by atoms with van der Waals surface area (Å²) in [5, 5.41) is 17.9. The number of sulfonamides is 1. The lowest BCUT2D eigenvalue weighted by Gasteiger charge is -2.30. The second-order valence-electron chi connectivity index (χ2n) is 7.83. The van der Waals surface area contributed by atoms with Gasteiger partial charge in [-0.3, -0.25) is 19.6 Å². The fraction of sp³-hybridized carbons (Fsp3) is 0.273. The number of aromatic nitrogens is 2. The molecule has 1 aromatic heterocycles. The highest BCUT2D eigenvalue weighted by Gasteiger charge is 2.32. The van der Waals surface area contributed by atoms with E-state index in [0.717, 1.165) is 5.56 Å². The fourth-order valence-electron chi connectivity index (χ4n) is 3.78. The van der Waals surface area contributed by atoms with Crippen LogP contribution in [0.3, 0.4) is 0 Å². The van der Waals surface area contributed by atoms with Gasteiger partial charge in [-0.25, -0.2) is 8.42 Å². The number of nitro benzene ring substituents is 1. The van der Waals surface area contributed by atoms with E-state index in [2.05, 4.69) is 10.4 Å². The third-order valence-corrected chi connectivity index (χ3v) is 7.51. The van der Waals surface area contributed by atoms with Crippen LogP contribution in [-0.4, -0.2) is 46.4 Å². The molecule has 1 aliphatic heterocycles. The van der Waals surface area contributed by atoms with Gasteiger partial charge in [0.05, 0.1) is 28.2 Å². The van der Waals surface area contributed by atoms with Gasteiger partial charge in [0, 0.05) is 37.3 Å². The van der Waals surface area contributed by atoms with E-state index in [9.17, 15) is 23.3 Å². The van der Waals surface area contributed by atoms with Crippen LogP contribution in [-0.2, 0) is 21.4 Å². The molecule has 0 spiro atoms. The standard InChI is InChI=1S/C22H23N5O5S/c28-22(24-19-14-23-25(16-19)15-17-4-2-1-3-5-17)18-10-12-26(13-11-18)33(31,32)21-8-6-20(7-9-21)27(29)30/h1-9,14,16,18H,10-13,15H2,(H,24,28). The molecule has 2 heterocycles. The number of nitrogens with one attached hydrogen (secondary N) is 1. The minimum absolute atomic E-state index is 0.00170. The minimum atomic E-state index is -3.77. The molecule has 33 heavy (non-hydrogen) atoms. The zero-order valence-electron chi connectivity index (χ0n) is 17.7. The topological polar surface area (TPSA) is 127 Å². The Morgan fingerprint density at radius 3 is 2.39 bits per heavy atom. The molecule has 4 rings (SSSR count). The van der Waals surface area contributed by atoms with E-state index in [1.54, 1.807) is 17.1 Å². The molecular weight excluding hydrogens is 446 g/mol. The van der Waals surface area contributed by atoms with Gasteiger partial charge in [-0.15, -0.1) is 0 Å². The number of non-ortho nitro benzene ring substituents is 1. The van der Waals surface area contributed by atoms with Crippen molar-refractivity contribution in [1.29, 1.82) is 0 Å². The smallest absolute Gasteiger partial charge is 0.269 e. The van der Waals surface area contributed by atoms with E-state index in [0.29, 0.717) is 25.1 Å². The summed E-state index contributed by atoms with van der Waals surface area (Å²) in [5.41, 5.74) is 1.52. The Morgan fingerprint density at radius 1 is 1.09 bits per heavy atom. The van der Waals surface area contributed by atoms with E-state index >= 15 is 0 Å². The molecule has 0 atom stereocenters. The number of hydrogen-bond acceptors (Lipinski definition) is 6. The van der Waals surface area contributed by atoms with Gasteiger partial charge in [-0.1, -0.05) is 30.3 Å². The number of amides is 1. The van der Waals surface area contributed by atoms with Crippen molar-refractivity contribution in [3.63, 3.8) is 0 Å². The maximum Gasteiger partial charge on any atom is 0.269 e. The first-order valence-corrected chi connectivity index (χ1v) is 11.9. The number of carbonyl (C=O) groups is 1. The van der Waals surface area contributed by atoms with Crippen molar-refractivity contribution >= 4 is 27.3 Å². The van der Waals surface area contributed by atoms with Crippen molar-refractivity contribution in [2.45, 2.75) is 24.3 Å². The number of carbonyl (C=O) groups excluding carboxylic acids is 1. The number of hydrogen-bond donors (Lipinski definition) is 1. The lowest BCUT2D eigenvalue weighted by molar-refractivity contribution is -0.384. The summed E-state index contributed by atoms with van der Waals surface area (Å²) in [6.07, 6.45) is 4.13. The monoisotopic (exact) mass is 469 g/mol. The highest BCUT2D eigenvalue weighted by molar-refractivity contribution is 7.89. The summed E-state index contributed by atoms with van der Waals surface area (Å²) >= 11 is 0. The first-order valence-electron chi connectivity index (χ1n) is 10.4. The SMILES string of the molecule is O=C(Nc1cnn(Cc2ccccc2)c1)C1CCN(S(=O)(=O)c2ccc([N+](=O)[O-])cc2)CC1. The van der Waals surface area contributed by atoms with Crippen molar-refractivity contribution in [3.8, 4) is 0 Å². The molecule has 2 aromatic carbocycles. The molecule has 10 nitrogen and oxygen atoms in total. The number of rotatable bonds is 7. The highest BCUT2D eigenvalue weighted by atomic mass is 32.2. The molecule has 0 bridgehead atoms. The summed E-state index contributed by atoms with van der Waals surface area (Å²) in [5.74, 6) is -0.479. The predicted molar refractivity (Wildman–Crippen MR) is 121 cm³/mol. The Bertz CT molecular complexity index is 1230. The quantitative estimate of drug-likeness (QED) is 0.419. The van der Waals surface area contributed by atoms with Crippen molar-refractivity contribution in [1.82, 2.24) is 14.1 Å². The second-order valence-corrected chi connectivity index (χ2v) is 9.77. The fourth-order valence-corrected chi connectivity index (χ4v) is 5.25. The van der Waals surface area contributed by atoms with Gasteiger partial charge in [-0.05, 0) is 30.5 Å². The summed E-state index contributed by atoms with van der Waals surface area (Å²) in [7, 11) is -3.77. The summed E-state index contributed by atoms with van der Waals surface area (Å²) in [6, 6.07) is 14.7. The molecule has 1 saturated heterocycles. The van der Waals surface area contributed by atoms with Crippen LogP contribution >= 0.6 is 0 Å². The lowest BCUT2D eigenvalue weighted by Crippen LogP contribution is -2.41. The molecule has 1 N–H and O–H groups in total. The second kappa shape index (κ2) is 9.51. The average Bonchev–Trinajstić information content (AvgIpc) is 3.26. The Labute approximate surface area is 191 Å². The van der Waals surface area contributed by atoms with Gasteiger partial charge in [0.15, 0.2) is 0 Å². The van der Waals surface area contributed by atoms with Crippen molar-refractivity contribution in [3.05, 3.63) is 82.7 Å². The number of nitro groups is 1. The lowest BCUT2D eigenvalue weighted by atomic mass is 9.97. The molecule has 0 radical (unpaired) electrons. The number of anilines is 1. The van der Waals surface area contributed by atoms with E-state index < -0.39 is 14.9 Å². The van der Waals surface area contributed by atoms with E-state index in [-0.39, 0.29) is 35.5 Å². The number of benzene rings is 2. The number of nitrogens with zero attached hydrogens (tertiary/aromatic N) is 4. The molecule has 1 aliphatic rings. The molecule has 11 heteroatoms. The Kier molecular flexibility index (Phi) is 6.52. The van der Waals surface area contributed by atoms with Crippen molar-refractivity contribution in [2.24, 2.45) is 5.92 Å². The van der Waals surface area contributed by atoms with Gasteiger partial charge >= 0.3 is 0 Å². The predicted octanol–water partition coefficient (Wildman–Crippen LogP) is 2.88. The molecule has 1 amide bonds. The van der Waals surface area contributed by atoms with Gasteiger partial charge < -0.3 is 5.32 Å². The van der Waals surface area contributed by atoms with Crippen LogP contribution in [0.5, 0.6) is 0 Å². The van der Waals surface area contributed by atoms with Crippen LogP contribution in [0.2, 0.25) is 0 Å². The van der Waals surface area contributed by atoms with Gasteiger partial charge in [-0.2, -0.15) is 9.40 Å². The highest BCUT2D eigenvalue weighted by Crippen LogP contribution is 2.26.